The van der Waals surface area contributed by atoms with Gasteiger partial charge in [0.1, 0.15) is 5.82 Å². The van der Waals surface area contributed by atoms with Crippen LogP contribution in [0.2, 0.25) is 5.02 Å². The summed E-state index contributed by atoms with van der Waals surface area (Å²) in [5.74, 6) is -1.67. The molecule has 1 N–H and O–H groups in total. The van der Waals surface area contributed by atoms with Crippen LogP contribution in [0.4, 0.5) is 10.1 Å². The van der Waals surface area contributed by atoms with Crippen LogP contribution in [-0.4, -0.2) is 18.5 Å². The smallest absolute Gasteiger partial charge is 0.306 e. The van der Waals surface area contributed by atoms with Crippen molar-refractivity contribution in [3.05, 3.63) is 51.4 Å². The fourth-order valence-corrected chi connectivity index (χ4v) is 2.78. The van der Waals surface area contributed by atoms with E-state index in [2.05, 4.69) is 5.32 Å². The quantitative estimate of drug-likeness (QED) is 0.762. The third kappa shape index (κ3) is 6.00. The Balaban J connectivity index is 1.69. The Morgan fingerprint density at radius 1 is 1.30 bits per heavy atom. The number of hydrogen-bond acceptors (Lipinski definition) is 4. The predicted molar refractivity (Wildman–Crippen MR) is 88.3 cm³/mol. The van der Waals surface area contributed by atoms with Crippen molar-refractivity contribution in [2.75, 3.05) is 11.9 Å². The topological polar surface area (TPSA) is 55.4 Å². The van der Waals surface area contributed by atoms with Crippen molar-refractivity contribution in [1.29, 1.82) is 0 Å². The molecule has 122 valence electrons. The van der Waals surface area contributed by atoms with Gasteiger partial charge in [-0.1, -0.05) is 17.7 Å². The van der Waals surface area contributed by atoms with Gasteiger partial charge in [0.15, 0.2) is 6.61 Å². The first-order valence-electron chi connectivity index (χ1n) is 6.97. The van der Waals surface area contributed by atoms with Gasteiger partial charge in [0.25, 0.3) is 5.91 Å². The molecule has 2 rings (SSSR count). The SMILES string of the molecule is O=C(COC(=O)CCCc1cccs1)Nc1cc(Cl)ccc1F. The third-order valence-corrected chi connectivity index (χ3v) is 4.12. The van der Waals surface area contributed by atoms with Gasteiger partial charge < -0.3 is 10.1 Å². The molecule has 4 nitrogen and oxygen atoms in total. The van der Waals surface area contributed by atoms with Gasteiger partial charge in [-0.2, -0.15) is 0 Å². The molecule has 2 aromatic rings. The van der Waals surface area contributed by atoms with Crippen LogP contribution in [0.5, 0.6) is 0 Å². The number of aryl methyl sites for hydroxylation is 1. The number of anilines is 1. The van der Waals surface area contributed by atoms with Gasteiger partial charge in [-0.05, 0) is 42.5 Å². The van der Waals surface area contributed by atoms with Crippen LogP contribution in [-0.2, 0) is 20.7 Å². The van der Waals surface area contributed by atoms with Crippen LogP contribution in [0.1, 0.15) is 17.7 Å². The first kappa shape index (κ1) is 17.4. The highest BCUT2D eigenvalue weighted by molar-refractivity contribution is 7.09. The fraction of sp³-hybridized carbons (Fsp3) is 0.250. The van der Waals surface area contributed by atoms with Gasteiger partial charge in [0.2, 0.25) is 0 Å². The van der Waals surface area contributed by atoms with E-state index in [0.29, 0.717) is 11.4 Å². The Morgan fingerprint density at radius 2 is 2.13 bits per heavy atom. The van der Waals surface area contributed by atoms with E-state index in [9.17, 15) is 14.0 Å². The molecule has 0 fully saturated rings. The molecule has 0 saturated heterocycles. The van der Waals surface area contributed by atoms with Crippen molar-refractivity contribution in [1.82, 2.24) is 0 Å². The molecular formula is C16H15ClFNO3S. The van der Waals surface area contributed by atoms with E-state index < -0.39 is 24.3 Å². The molecule has 1 aromatic carbocycles. The Hall–Kier alpha value is -1.92. The number of rotatable bonds is 7. The first-order chi connectivity index (χ1) is 11.0. The number of nitrogens with one attached hydrogen (secondary N) is 1. The van der Waals surface area contributed by atoms with Gasteiger partial charge in [0.05, 0.1) is 5.69 Å². The number of ether oxygens (including phenoxy) is 1. The monoisotopic (exact) mass is 355 g/mol. The number of carbonyl (C=O) groups excluding carboxylic acids is 2. The Kier molecular flexibility index (Phi) is 6.55. The number of benzene rings is 1. The summed E-state index contributed by atoms with van der Waals surface area (Å²) in [6, 6.07) is 7.77. The zero-order chi connectivity index (χ0) is 16.7. The number of carbonyl (C=O) groups is 2. The number of thiophene rings is 1. The van der Waals surface area contributed by atoms with Crippen molar-refractivity contribution in [2.45, 2.75) is 19.3 Å². The summed E-state index contributed by atoms with van der Waals surface area (Å²) in [5.41, 5.74) is -0.0451. The lowest BCUT2D eigenvalue weighted by Gasteiger charge is -2.07. The molecule has 0 bridgehead atoms. The van der Waals surface area contributed by atoms with Crippen LogP contribution in [0.3, 0.4) is 0 Å². The average Bonchev–Trinajstić information content (AvgIpc) is 3.02. The van der Waals surface area contributed by atoms with E-state index in [4.69, 9.17) is 16.3 Å². The van der Waals surface area contributed by atoms with Crippen LogP contribution in [0, 0.1) is 5.82 Å². The second kappa shape index (κ2) is 8.64. The lowest BCUT2D eigenvalue weighted by molar-refractivity contribution is -0.147. The second-order valence-electron chi connectivity index (χ2n) is 4.77. The highest BCUT2D eigenvalue weighted by Crippen LogP contribution is 2.19. The summed E-state index contributed by atoms with van der Waals surface area (Å²) in [6.45, 7) is -0.455. The molecule has 0 atom stereocenters. The van der Waals surface area contributed by atoms with Crippen LogP contribution in [0.25, 0.3) is 0 Å². The summed E-state index contributed by atoms with van der Waals surface area (Å²) in [6.07, 6.45) is 1.69. The summed E-state index contributed by atoms with van der Waals surface area (Å²) in [7, 11) is 0. The lowest BCUT2D eigenvalue weighted by Crippen LogP contribution is -2.21. The van der Waals surface area contributed by atoms with E-state index >= 15 is 0 Å². The van der Waals surface area contributed by atoms with Crippen LogP contribution >= 0.6 is 22.9 Å². The highest BCUT2D eigenvalue weighted by atomic mass is 35.5. The summed E-state index contributed by atoms with van der Waals surface area (Å²) in [5, 5.41) is 4.59. The average molecular weight is 356 g/mol. The number of esters is 1. The van der Waals surface area contributed by atoms with E-state index in [0.717, 1.165) is 12.5 Å². The van der Waals surface area contributed by atoms with E-state index in [1.807, 2.05) is 17.5 Å². The summed E-state index contributed by atoms with van der Waals surface area (Å²) >= 11 is 7.36. The second-order valence-corrected chi connectivity index (χ2v) is 6.23. The van der Waals surface area contributed by atoms with E-state index in [-0.39, 0.29) is 12.1 Å². The zero-order valence-electron chi connectivity index (χ0n) is 12.2. The highest BCUT2D eigenvalue weighted by Gasteiger charge is 2.11. The number of amides is 1. The minimum absolute atomic E-state index is 0.0451. The Bertz CT molecular complexity index is 676. The maximum atomic E-state index is 13.4. The van der Waals surface area contributed by atoms with E-state index in [1.165, 1.54) is 17.0 Å². The third-order valence-electron chi connectivity index (χ3n) is 2.95. The molecule has 1 heterocycles. The number of hydrogen-bond donors (Lipinski definition) is 1. The van der Waals surface area contributed by atoms with Gasteiger partial charge in [0, 0.05) is 16.3 Å². The molecule has 1 amide bonds. The molecule has 0 aliphatic carbocycles. The van der Waals surface area contributed by atoms with E-state index in [1.54, 1.807) is 11.3 Å². The molecule has 23 heavy (non-hydrogen) atoms. The normalized spacial score (nSPS) is 10.3. The number of halogens is 2. The molecule has 0 radical (unpaired) electrons. The maximum Gasteiger partial charge on any atom is 0.306 e. The summed E-state index contributed by atoms with van der Waals surface area (Å²) < 4.78 is 18.3. The molecule has 7 heteroatoms. The minimum atomic E-state index is -0.613. The van der Waals surface area contributed by atoms with Gasteiger partial charge in [-0.15, -0.1) is 11.3 Å². The minimum Gasteiger partial charge on any atom is -0.456 e. The molecule has 1 aromatic heterocycles. The molecule has 0 unspecified atom stereocenters. The molecule has 0 aliphatic rings. The maximum absolute atomic E-state index is 13.4. The zero-order valence-corrected chi connectivity index (χ0v) is 13.8. The van der Waals surface area contributed by atoms with Crippen molar-refractivity contribution < 1.29 is 18.7 Å². The van der Waals surface area contributed by atoms with Crippen molar-refractivity contribution in [3.63, 3.8) is 0 Å². The van der Waals surface area contributed by atoms with Gasteiger partial charge >= 0.3 is 5.97 Å². The molecule has 0 saturated carbocycles. The van der Waals surface area contributed by atoms with Crippen molar-refractivity contribution in [3.8, 4) is 0 Å². The predicted octanol–water partition coefficient (Wildman–Crippen LogP) is 4.05. The first-order valence-corrected chi connectivity index (χ1v) is 8.23. The largest absolute Gasteiger partial charge is 0.456 e. The van der Waals surface area contributed by atoms with Crippen molar-refractivity contribution >= 4 is 40.5 Å². The van der Waals surface area contributed by atoms with Crippen molar-refractivity contribution in [2.24, 2.45) is 0 Å². The lowest BCUT2D eigenvalue weighted by atomic mass is 10.2. The Labute approximate surface area is 142 Å². The summed E-state index contributed by atoms with van der Waals surface area (Å²) in [4.78, 5) is 24.4. The van der Waals surface area contributed by atoms with Gasteiger partial charge in [-0.3, -0.25) is 9.59 Å². The van der Waals surface area contributed by atoms with Crippen LogP contribution in [0.15, 0.2) is 35.7 Å². The molecule has 0 spiro atoms. The van der Waals surface area contributed by atoms with Crippen LogP contribution < -0.4 is 5.32 Å². The Morgan fingerprint density at radius 3 is 2.87 bits per heavy atom. The molecule has 0 aliphatic heterocycles. The fourth-order valence-electron chi connectivity index (χ4n) is 1.86. The van der Waals surface area contributed by atoms with Gasteiger partial charge in [-0.25, -0.2) is 4.39 Å². The molecular weight excluding hydrogens is 341 g/mol. The standard InChI is InChI=1S/C16H15ClFNO3S/c17-11-6-7-13(18)14(9-11)19-15(20)10-22-16(21)5-1-3-12-4-2-8-23-12/h2,4,6-9H,1,3,5,10H2,(H,19,20).